The minimum Gasteiger partial charge on any atom is -0.361 e. The SMILES string of the molecule is CCNC(=NCc1cc(F)ccc1Br)NCc1c(CC)noc1CC. The highest BCUT2D eigenvalue weighted by Crippen LogP contribution is 2.19. The van der Waals surface area contributed by atoms with E-state index in [2.05, 4.69) is 43.6 Å². The fourth-order valence-electron chi connectivity index (χ4n) is 2.48. The first-order valence-electron chi connectivity index (χ1n) is 8.51. The third-order valence-electron chi connectivity index (χ3n) is 3.80. The summed E-state index contributed by atoms with van der Waals surface area (Å²) in [7, 11) is 0. The van der Waals surface area contributed by atoms with E-state index in [9.17, 15) is 4.39 Å². The Hall–Kier alpha value is -1.89. The highest BCUT2D eigenvalue weighted by molar-refractivity contribution is 9.10. The third-order valence-corrected chi connectivity index (χ3v) is 4.57. The predicted octanol–water partition coefficient (Wildman–Crippen LogP) is 3.96. The van der Waals surface area contributed by atoms with Crippen molar-refractivity contribution in [1.29, 1.82) is 0 Å². The Morgan fingerprint density at radius 2 is 2.04 bits per heavy atom. The highest BCUT2D eigenvalue weighted by Gasteiger charge is 2.13. The molecule has 2 N–H and O–H groups in total. The molecule has 2 rings (SSSR count). The van der Waals surface area contributed by atoms with Crippen LogP contribution in [0.15, 0.2) is 32.2 Å². The van der Waals surface area contributed by atoms with E-state index in [0.29, 0.717) is 19.0 Å². The van der Waals surface area contributed by atoms with Crippen molar-refractivity contribution < 1.29 is 8.91 Å². The number of nitrogens with one attached hydrogen (secondary N) is 2. The second-order valence-corrected chi connectivity index (χ2v) is 6.38. The summed E-state index contributed by atoms with van der Waals surface area (Å²) >= 11 is 3.43. The van der Waals surface area contributed by atoms with Crippen molar-refractivity contribution in [2.75, 3.05) is 6.54 Å². The second-order valence-electron chi connectivity index (χ2n) is 5.52. The van der Waals surface area contributed by atoms with Gasteiger partial charge in [-0.25, -0.2) is 9.38 Å². The molecule has 7 heteroatoms. The Kier molecular flexibility index (Phi) is 7.43. The van der Waals surface area contributed by atoms with Crippen LogP contribution in [0.1, 0.15) is 43.4 Å². The van der Waals surface area contributed by atoms with Crippen LogP contribution in [0.4, 0.5) is 4.39 Å². The van der Waals surface area contributed by atoms with Crippen LogP contribution in [-0.2, 0) is 25.9 Å². The van der Waals surface area contributed by atoms with E-state index in [1.54, 1.807) is 6.07 Å². The Morgan fingerprint density at radius 3 is 2.72 bits per heavy atom. The zero-order valence-corrected chi connectivity index (χ0v) is 16.4. The molecule has 2 aromatic rings. The summed E-state index contributed by atoms with van der Waals surface area (Å²) in [5, 5.41) is 10.6. The fraction of sp³-hybridized carbons (Fsp3) is 0.444. The lowest BCUT2D eigenvalue weighted by Crippen LogP contribution is -2.37. The zero-order chi connectivity index (χ0) is 18.2. The summed E-state index contributed by atoms with van der Waals surface area (Å²) in [6.07, 6.45) is 1.62. The van der Waals surface area contributed by atoms with Crippen molar-refractivity contribution in [2.45, 2.75) is 46.7 Å². The number of aryl methyl sites for hydroxylation is 2. The molecular formula is C18H24BrFN4O. The number of nitrogens with zero attached hydrogens (tertiary/aromatic N) is 2. The van der Waals surface area contributed by atoms with Gasteiger partial charge in [-0.2, -0.15) is 0 Å². The van der Waals surface area contributed by atoms with Gasteiger partial charge >= 0.3 is 0 Å². The maximum atomic E-state index is 13.4. The van der Waals surface area contributed by atoms with E-state index < -0.39 is 0 Å². The van der Waals surface area contributed by atoms with Gasteiger partial charge in [0.25, 0.3) is 0 Å². The molecule has 0 aliphatic rings. The molecule has 0 saturated carbocycles. The topological polar surface area (TPSA) is 62.5 Å². The number of halogens is 2. The first kappa shape index (κ1) is 19.4. The van der Waals surface area contributed by atoms with Crippen molar-refractivity contribution in [1.82, 2.24) is 15.8 Å². The average molecular weight is 411 g/mol. The van der Waals surface area contributed by atoms with Gasteiger partial charge < -0.3 is 15.2 Å². The molecule has 0 fully saturated rings. The molecule has 0 spiro atoms. The third kappa shape index (κ3) is 5.29. The lowest BCUT2D eigenvalue weighted by molar-refractivity contribution is 0.380. The number of aliphatic imine (C=N–C) groups is 1. The van der Waals surface area contributed by atoms with Gasteiger partial charge in [-0.15, -0.1) is 0 Å². The summed E-state index contributed by atoms with van der Waals surface area (Å²) in [6, 6.07) is 4.60. The van der Waals surface area contributed by atoms with Gasteiger partial charge in [0.1, 0.15) is 11.6 Å². The van der Waals surface area contributed by atoms with E-state index in [1.165, 1.54) is 12.1 Å². The van der Waals surface area contributed by atoms with E-state index in [1.807, 2.05) is 13.8 Å². The van der Waals surface area contributed by atoms with E-state index in [0.717, 1.165) is 46.4 Å². The fourth-order valence-corrected chi connectivity index (χ4v) is 2.85. The van der Waals surface area contributed by atoms with Crippen LogP contribution in [0.2, 0.25) is 0 Å². The number of hydrogen-bond acceptors (Lipinski definition) is 3. The molecule has 0 saturated heterocycles. The molecule has 0 aliphatic carbocycles. The molecule has 136 valence electrons. The second kappa shape index (κ2) is 9.56. The lowest BCUT2D eigenvalue weighted by Gasteiger charge is -2.12. The van der Waals surface area contributed by atoms with Crippen LogP contribution in [0.25, 0.3) is 0 Å². The van der Waals surface area contributed by atoms with Gasteiger partial charge in [0.2, 0.25) is 0 Å². The Morgan fingerprint density at radius 1 is 1.24 bits per heavy atom. The molecule has 1 aromatic heterocycles. The van der Waals surface area contributed by atoms with Gasteiger partial charge in [-0.3, -0.25) is 0 Å². The molecule has 0 atom stereocenters. The summed E-state index contributed by atoms with van der Waals surface area (Å²) in [6.45, 7) is 7.81. The lowest BCUT2D eigenvalue weighted by atomic mass is 10.1. The molecule has 25 heavy (non-hydrogen) atoms. The van der Waals surface area contributed by atoms with Crippen molar-refractivity contribution in [2.24, 2.45) is 4.99 Å². The molecule has 0 bridgehead atoms. The molecular weight excluding hydrogens is 387 g/mol. The first-order valence-corrected chi connectivity index (χ1v) is 9.30. The van der Waals surface area contributed by atoms with Gasteiger partial charge in [0.05, 0.1) is 12.2 Å². The van der Waals surface area contributed by atoms with Crippen LogP contribution >= 0.6 is 15.9 Å². The van der Waals surface area contributed by atoms with E-state index >= 15 is 0 Å². The average Bonchev–Trinajstić information content (AvgIpc) is 3.02. The van der Waals surface area contributed by atoms with Crippen molar-refractivity contribution in [3.8, 4) is 0 Å². The number of aromatic nitrogens is 1. The van der Waals surface area contributed by atoms with Crippen LogP contribution < -0.4 is 10.6 Å². The van der Waals surface area contributed by atoms with Crippen LogP contribution in [0, 0.1) is 5.82 Å². The maximum absolute atomic E-state index is 13.4. The largest absolute Gasteiger partial charge is 0.361 e. The van der Waals surface area contributed by atoms with Gasteiger partial charge in [0, 0.05) is 29.5 Å². The summed E-state index contributed by atoms with van der Waals surface area (Å²) < 4.78 is 19.6. The van der Waals surface area contributed by atoms with E-state index in [-0.39, 0.29) is 5.82 Å². The molecule has 0 unspecified atom stereocenters. The number of guanidine groups is 1. The molecule has 0 aliphatic heterocycles. The molecule has 1 aromatic carbocycles. The van der Waals surface area contributed by atoms with E-state index in [4.69, 9.17) is 4.52 Å². The maximum Gasteiger partial charge on any atom is 0.191 e. The minimum absolute atomic E-state index is 0.268. The van der Waals surface area contributed by atoms with Gasteiger partial charge in [-0.1, -0.05) is 34.9 Å². The predicted molar refractivity (Wildman–Crippen MR) is 101 cm³/mol. The zero-order valence-electron chi connectivity index (χ0n) is 14.8. The minimum atomic E-state index is -0.268. The smallest absolute Gasteiger partial charge is 0.191 e. The summed E-state index contributed by atoms with van der Waals surface area (Å²) in [5.41, 5.74) is 2.85. The Bertz CT molecular complexity index is 708. The number of benzene rings is 1. The van der Waals surface area contributed by atoms with Crippen LogP contribution in [0.5, 0.6) is 0 Å². The van der Waals surface area contributed by atoms with Gasteiger partial charge in [0.15, 0.2) is 5.96 Å². The summed E-state index contributed by atoms with van der Waals surface area (Å²) in [5.74, 6) is 1.30. The molecule has 5 nitrogen and oxygen atoms in total. The standard InChI is InChI=1S/C18H24BrFN4O/c1-4-16-14(17(5-2)25-24-16)11-23-18(21-6-3)22-10-12-9-13(20)7-8-15(12)19/h7-9H,4-6,10-11H2,1-3H3,(H2,21,22,23). The molecule has 0 amide bonds. The van der Waals surface area contributed by atoms with Crippen molar-refractivity contribution >= 4 is 21.9 Å². The van der Waals surface area contributed by atoms with Gasteiger partial charge in [-0.05, 0) is 37.1 Å². The molecule has 0 radical (unpaired) electrons. The number of rotatable bonds is 7. The quantitative estimate of drug-likeness (QED) is 0.535. The van der Waals surface area contributed by atoms with Crippen molar-refractivity contribution in [3.63, 3.8) is 0 Å². The molecule has 1 heterocycles. The van der Waals surface area contributed by atoms with Crippen LogP contribution in [0.3, 0.4) is 0 Å². The Balaban J connectivity index is 2.10. The van der Waals surface area contributed by atoms with Crippen LogP contribution in [-0.4, -0.2) is 17.7 Å². The summed E-state index contributed by atoms with van der Waals surface area (Å²) in [4.78, 5) is 4.54. The number of hydrogen-bond donors (Lipinski definition) is 2. The normalized spacial score (nSPS) is 11.6. The highest BCUT2D eigenvalue weighted by atomic mass is 79.9. The first-order chi connectivity index (χ1) is 12.1. The van der Waals surface area contributed by atoms with Crippen molar-refractivity contribution in [3.05, 3.63) is 51.1 Å². The monoisotopic (exact) mass is 410 g/mol. The Labute approximate surface area is 156 Å².